The molecule has 110 valence electrons. The first-order valence-electron chi connectivity index (χ1n) is 6.60. The van der Waals surface area contributed by atoms with Gasteiger partial charge in [-0.05, 0) is 24.1 Å². The number of benzene rings is 1. The van der Waals surface area contributed by atoms with Crippen LogP contribution in [0, 0.1) is 11.3 Å². The van der Waals surface area contributed by atoms with Crippen LogP contribution < -0.4 is 0 Å². The van der Waals surface area contributed by atoms with Crippen molar-refractivity contribution in [1.82, 2.24) is 9.78 Å². The van der Waals surface area contributed by atoms with Crippen molar-refractivity contribution in [3.8, 4) is 17.2 Å². The molecule has 0 atom stereocenters. The molecule has 2 rings (SSSR count). The van der Waals surface area contributed by atoms with Crippen LogP contribution in [0.5, 0.6) is 0 Å². The van der Waals surface area contributed by atoms with Gasteiger partial charge in [0.25, 0.3) is 0 Å². The second-order valence-electron chi connectivity index (χ2n) is 4.72. The zero-order valence-electron chi connectivity index (χ0n) is 11.5. The lowest BCUT2D eigenvalue weighted by molar-refractivity contribution is -0.137. The largest absolute Gasteiger partial charge is 0.417 e. The Labute approximate surface area is 120 Å². The maximum atomic E-state index is 13.1. The van der Waals surface area contributed by atoms with Gasteiger partial charge in [0.05, 0.1) is 23.4 Å². The number of aryl methyl sites for hydroxylation is 1. The van der Waals surface area contributed by atoms with Crippen LogP contribution >= 0.6 is 0 Å². The molecule has 0 amide bonds. The molecule has 0 aliphatic carbocycles. The molecule has 1 aromatic carbocycles. The third-order valence-corrected chi connectivity index (χ3v) is 3.14. The molecule has 0 spiro atoms. The average Bonchev–Trinajstić information content (AvgIpc) is 2.92. The zero-order valence-corrected chi connectivity index (χ0v) is 11.5. The van der Waals surface area contributed by atoms with Crippen LogP contribution in [0.25, 0.3) is 11.1 Å². The Balaban J connectivity index is 2.44. The Bertz CT molecular complexity index is 666. The molecule has 1 aromatic heterocycles. The predicted molar refractivity (Wildman–Crippen MR) is 72.3 cm³/mol. The van der Waals surface area contributed by atoms with E-state index in [4.69, 9.17) is 5.26 Å². The van der Waals surface area contributed by atoms with E-state index >= 15 is 0 Å². The lowest BCUT2D eigenvalue weighted by atomic mass is 9.99. The van der Waals surface area contributed by atoms with E-state index in [1.807, 2.05) is 6.92 Å². The van der Waals surface area contributed by atoms with Crippen LogP contribution in [-0.2, 0) is 12.7 Å². The third kappa shape index (κ3) is 3.43. The van der Waals surface area contributed by atoms with Crippen LogP contribution in [0.3, 0.4) is 0 Å². The first-order valence-corrected chi connectivity index (χ1v) is 6.60. The van der Waals surface area contributed by atoms with Crippen LogP contribution in [0.2, 0.25) is 0 Å². The van der Waals surface area contributed by atoms with Crippen molar-refractivity contribution in [1.29, 1.82) is 5.26 Å². The molecular weight excluding hydrogens is 279 g/mol. The highest BCUT2D eigenvalue weighted by atomic mass is 19.4. The zero-order chi connectivity index (χ0) is 15.5. The summed E-state index contributed by atoms with van der Waals surface area (Å²) < 4.78 is 41.0. The molecule has 1 heterocycles. The van der Waals surface area contributed by atoms with Crippen molar-refractivity contribution in [3.05, 3.63) is 41.7 Å². The molecule has 0 saturated carbocycles. The lowest BCUT2D eigenvalue weighted by Crippen LogP contribution is -2.07. The average molecular weight is 293 g/mol. The number of alkyl halides is 3. The summed E-state index contributed by atoms with van der Waals surface area (Å²) in [7, 11) is 0. The quantitative estimate of drug-likeness (QED) is 0.846. The lowest BCUT2D eigenvalue weighted by Gasteiger charge is -2.11. The monoisotopic (exact) mass is 293 g/mol. The second-order valence-corrected chi connectivity index (χ2v) is 4.72. The number of unbranched alkanes of at least 4 members (excludes halogenated alkanes) is 1. The van der Waals surface area contributed by atoms with E-state index < -0.39 is 11.7 Å². The number of aromatic nitrogens is 2. The summed E-state index contributed by atoms with van der Waals surface area (Å²) in [6, 6.07) is 5.31. The van der Waals surface area contributed by atoms with E-state index in [9.17, 15) is 13.2 Å². The standard InChI is InChI=1S/C15H14F3N3/c1-2-3-6-21-10-12(9-20-21)13-5-4-11(8-19)7-14(13)15(16,17)18/h4-5,7,9-10H,2-3,6H2,1H3. The van der Waals surface area contributed by atoms with Gasteiger partial charge in [-0.2, -0.15) is 23.5 Å². The van der Waals surface area contributed by atoms with E-state index in [1.54, 1.807) is 16.9 Å². The van der Waals surface area contributed by atoms with Crippen LogP contribution in [0.4, 0.5) is 13.2 Å². The van der Waals surface area contributed by atoms with Gasteiger partial charge in [-0.15, -0.1) is 0 Å². The van der Waals surface area contributed by atoms with Crippen molar-refractivity contribution >= 4 is 0 Å². The number of hydrogen-bond acceptors (Lipinski definition) is 2. The van der Waals surface area contributed by atoms with Crippen LogP contribution in [0.1, 0.15) is 30.9 Å². The van der Waals surface area contributed by atoms with Gasteiger partial charge in [0.15, 0.2) is 0 Å². The van der Waals surface area contributed by atoms with Crippen molar-refractivity contribution in [2.75, 3.05) is 0 Å². The minimum atomic E-state index is -4.51. The molecular formula is C15H14F3N3. The van der Waals surface area contributed by atoms with E-state index in [2.05, 4.69) is 5.10 Å². The first-order chi connectivity index (χ1) is 9.95. The van der Waals surface area contributed by atoms with Gasteiger partial charge in [0.1, 0.15) is 0 Å². The molecule has 0 aliphatic heterocycles. The summed E-state index contributed by atoms with van der Waals surface area (Å²) in [5.74, 6) is 0. The highest BCUT2D eigenvalue weighted by Crippen LogP contribution is 2.37. The fourth-order valence-electron chi connectivity index (χ4n) is 2.05. The van der Waals surface area contributed by atoms with E-state index in [1.165, 1.54) is 18.3 Å². The van der Waals surface area contributed by atoms with Gasteiger partial charge in [-0.25, -0.2) is 0 Å². The summed E-state index contributed by atoms with van der Waals surface area (Å²) in [4.78, 5) is 0. The van der Waals surface area contributed by atoms with E-state index in [0.29, 0.717) is 12.1 Å². The Kier molecular flexibility index (Phi) is 4.32. The Morgan fingerprint density at radius 2 is 2.10 bits per heavy atom. The summed E-state index contributed by atoms with van der Waals surface area (Å²) in [5.41, 5.74) is -0.367. The van der Waals surface area contributed by atoms with Gasteiger partial charge in [0.2, 0.25) is 0 Å². The van der Waals surface area contributed by atoms with E-state index in [0.717, 1.165) is 18.9 Å². The molecule has 2 aromatic rings. The van der Waals surface area contributed by atoms with E-state index in [-0.39, 0.29) is 11.1 Å². The van der Waals surface area contributed by atoms with Crippen LogP contribution in [-0.4, -0.2) is 9.78 Å². The molecule has 0 N–H and O–H groups in total. The van der Waals surface area contributed by atoms with Gasteiger partial charge < -0.3 is 0 Å². The van der Waals surface area contributed by atoms with Gasteiger partial charge in [-0.3, -0.25) is 4.68 Å². The minimum Gasteiger partial charge on any atom is -0.272 e. The highest BCUT2D eigenvalue weighted by molar-refractivity contribution is 5.68. The van der Waals surface area contributed by atoms with Crippen molar-refractivity contribution < 1.29 is 13.2 Å². The number of rotatable bonds is 4. The summed E-state index contributed by atoms with van der Waals surface area (Å²) in [5, 5.41) is 12.8. The summed E-state index contributed by atoms with van der Waals surface area (Å²) >= 11 is 0. The molecule has 0 aliphatic rings. The summed E-state index contributed by atoms with van der Waals surface area (Å²) in [6.45, 7) is 2.71. The topological polar surface area (TPSA) is 41.6 Å². The fourth-order valence-corrected chi connectivity index (χ4v) is 2.05. The van der Waals surface area contributed by atoms with Gasteiger partial charge in [0, 0.05) is 18.3 Å². The number of nitrogens with zero attached hydrogens (tertiary/aromatic N) is 3. The fraction of sp³-hybridized carbons (Fsp3) is 0.333. The SMILES string of the molecule is CCCCn1cc(-c2ccc(C#N)cc2C(F)(F)F)cn1. The minimum absolute atomic E-state index is 0.00977. The molecule has 21 heavy (non-hydrogen) atoms. The molecule has 0 fully saturated rings. The molecule has 0 unspecified atom stereocenters. The normalized spacial score (nSPS) is 11.4. The maximum Gasteiger partial charge on any atom is 0.417 e. The summed E-state index contributed by atoms with van der Waals surface area (Å²) in [6.07, 6.45) is 0.423. The first kappa shape index (κ1) is 15.1. The van der Waals surface area contributed by atoms with Crippen molar-refractivity contribution in [3.63, 3.8) is 0 Å². The second kappa shape index (κ2) is 6.00. The molecule has 3 nitrogen and oxygen atoms in total. The number of halogens is 3. The van der Waals surface area contributed by atoms with Gasteiger partial charge >= 0.3 is 6.18 Å². The third-order valence-electron chi connectivity index (χ3n) is 3.14. The van der Waals surface area contributed by atoms with Crippen molar-refractivity contribution in [2.45, 2.75) is 32.5 Å². The molecule has 0 saturated heterocycles. The Morgan fingerprint density at radius 3 is 2.71 bits per heavy atom. The molecule has 6 heteroatoms. The smallest absolute Gasteiger partial charge is 0.272 e. The molecule has 0 bridgehead atoms. The Hall–Kier alpha value is -2.29. The highest BCUT2D eigenvalue weighted by Gasteiger charge is 2.34. The number of nitriles is 1. The van der Waals surface area contributed by atoms with Crippen LogP contribution in [0.15, 0.2) is 30.6 Å². The van der Waals surface area contributed by atoms with Crippen molar-refractivity contribution in [2.24, 2.45) is 0 Å². The number of hydrogen-bond donors (Lipinski definition) is 0. The van der Waals surface area contributed by atoms with Gasteiger partial charge in [-0.1, -0.05) is 19.4 Å². The Morgan fingerprint density at radius 1 is 1.33 bits per heavy atom. The predicted octanol–water partition coefficient (Wildman–Crippen LogP) is 4.24. The molecule has 0 radical (unpaired) electrons. The maximum absolute atomic E-state index is 13.1.